The van der Waals surface area contributed by atoms with Crippen LogP contribution in [-0.4, -0.2) is 16.9 Å². The summed E-state index contributed by atoms with van der Waals surface area (Å²) in [5.41, 5.74) is 3.08. The quantitative estimate of drug-likeness (QED) is 0.536. The predicted molar refractivity (Wildman–Crippen MR) is 98.4 cm³/mol. The van der Waals surface area contributed by atoms with E-state index in [2.05, 4.69) is 17.2 Å². The zero-order chi connectivity index (χ0) is 17.1. The molecule has 0 saturated carbocycles. The molecule has 0 saturated heterocycles. The van der Waals surface area contributed by atoms with Crippen molar-refractivity contribution in [3.63, 3.8) is 0 Å². The second kappa shape index (κ2) is 6.69. The Balaban J connectivity index is 1.51. The van der Waals surface area contributed by atoms with Gasteiger partial charge in [-0.25, -0.2) is 4.68 Å². The molecule has 0 bridgehead atoms. The van der Waals surface area contributed by atoms with Crippen LogP contribution in [0.3, 0.4) is 0 Å². The second-order valence-electron chi connectivity index (χ2n) is 5.77. The van der Waals surface area contributed by atoms with Crippen molar-refractivity contribution in [2.24, 2.45) is 0 Å². The molecule has 0 aliphatic heterocycles. The van der Waals surface area contributed by atoms with Crippen LogP contribution in [0.2, 0.25) is 0 Å². The molecule has 3 aromatic carbocycles. The molecule has 0 N–H and O–H groups in total. The van der Waals surface area contributed by atoms with Crippen molar-refractivity contribution < 1.29 is 9.47 Å². The van der Waals surface area contributed by atoms with Crippen LogP contribution in [0.4, 0.5) is 0 Å². The van der Waals surface area contributed by atoms with Crippen molar-refractivity contribution in [1.29, 1.82) is 0 Å². The highest BCUT2D eigenvalue weighted by molar-refractivity contribution is 5.80. The fourth-order valence-electron chi connectivity index (χ4n) is 2.70. The van der Waals surface area contributed by atoms with Gasteiger partial charge in [-0.05, 0) is 48.0 Å². The van der Waals surface area contributed by atoms with E-state index in [4.69, 9.17) is 9.47 Å². The molecule has 4 aromatic rings. The zero-order valence-electron chi connectivity index (χ0n) is 13.9. The smallest absolute Gasteiger partial charge is 0.119 e. The van der Waals surface area contributed by atoms with Crippen LogP contribution < -0.4 is 9.47 Å². The van der Waals surface area contributed by atoms with Crippen LogP contribution in [-0.2, 0) is 6.61 Å². The maximum absolute atomic E-state index is 5.83. The third-order valence-corrected chi connectivity index (χ3v) is 4.06. The number of aromatic nitrogens is 2. The fourth-order valence-corrected chi connectivity index (χ4v) is 2.70. The summed E-state index contributed by atoms with van der Waals surface area (Å²) in [6, 6.07) is 23.9. The van der Waals surface area contributed by atoms with E-state index in [0.29, 0.717) is 6.61 Å². The topological polar surface area (TPSA) is 36.3 Å². The van der Waals surface area contributed by atoms with E-state index in [0.717, 1.165) is 33.7 Å². The standard InChI is InChI=1S/C21H18N2O2/c1-24-20-11-12-21-17(13-20)14-23(22-21)18-7-9-19(10-8-18)25-15-16-5-3-2-4-6-16/h2-14H,15H2,1H3. The van der Waals surface area contributed by atoms with Crippen LogP contribution in [0, 0.1) is 0 Å². The van der Waals surface area contributed by atoms with Crippen LogP contribution in [0.15, 0.2) is 79.0 Å². The van der Waals surface area contributed by atoms with Crippen molar-refractivity contribution in [3.8, 4) is 17.2 Å². The maximum Gasteiger partial charge on any atom is 0.119 e. The zero-order valence-corrected chi connectivity index (χ0v) is 13.9. The average molecular weight is 330 g/mol. The third kappa shape index (κ3) is 3.33. The third-order valence-electron chi connectivity index (χ3n) is 4.06. The molecule has 124 valence electrons. The minimum atomic E-state index is 0.561. The molecule has 0 radical (unpaired) electrons. The van der Waals surface area contributed by atoms with Crippen molar-refractivity contribution in [1.82, 2.24) is 9.78 Å². The number of ether oxygens (including phenoxy) is 2. The fraction of sp³-hybridized carbons (Fsp3) is 0.0952. The van der Waals surface area contributed by atoms with Gasteiger partial charge >= 0.3 is 0 Å². The van der Waals surface area contributed by atoms with Gasteiger partial charge in [0.25, 0.3) is 0 Å². The first-order valence-corrected chi connectivity index (χ1v) is 8.12. The van der Waals surface area contributed by atoms with Crippen molar-refractivity contribution in [3.05, 3.63) is 84.6 Å². The first-order valence-electron chi connectivity index (χ1n) is 8.12. The molecule has 1 aromatic heterocycles. The maximum atomic E-state index is 5.83. The first kappa shape index (κ1) is 15.3. The molecule has 4 heteroatoms. The number of fused-ring (bicyclic) bond motifs is 1. The lowest BCUT2D eigenvalue weighted by Gasteiger charge is -2.07. The van der Waals surface area contributed by atoms with Gasteiger partial charge in [-0.15, -0.1) is 0 Å². The largest absolute Gasteiger partial charge is 0.497 e. The molecule has 0 aliphatic rings. The summed E-state index contributed by atoms with van der Waals surface area (Å²) in [7, 11) is 1.67. The Morgan fingerprint density at radius 2 is 1.64 bits per heavy atom. The molecular weight excluding hydrogens is 312 g/mol. The average Bonchev–Trinajstić information content (AvgIpc) is 3.10. The molecule has 25 heavy (non-hydrogen) atoms. The Labute approximate surface area is 146 Å². The number of hydrogen-bond acceptors (Lipinski definition) is 3. The van der Waals surface area contributed by atoms with E-state index in [-0.39, 0.29) is 0 Å². The monoisotopic (exact) mass is 330 g/mol. The van der Waals surface area contributed by atoms with Crippen LogP contribution in [0.25, 0.3) is 16.6 Å². The van der Waals surface area contributed by atoms with Gasteiger partial charge in [0.15, 0.2) is 0 Å². The van der Waals surface area contributed by atoms with Gasteiger partial charge in [0.1, 0.15) is 18.1 Å². The number of methoxy groups -OCH3 is 1. The molecule has 0 atom stereocenters. The molecule has 0 aliphatic carbocycles. The van der Waals surface area contributed by atoms with E-state index >= 15 is 0 Å². The molecule has 0 amide bonds. The minimum Gasteiger partial charge on any atom is -0.497 e. The molecular formula is C21H18N2O2. The van der Waals surface area contributed by atoms with Crippen molar-refractivity contribution in [2.45, 2.75) is 6.61 Å². The van der Waals surface area contributed by atoms with Gasteiger partial charge in [-0.1, -0.05) is 30.3 Å². The van der Waals surface area contributed by atoms with Gasteiger partial charge < -0.3 is 9.47 Å². The number of benzene rings is 3. The Bertz CT molecular complexity index is 976. The van der Waals surface area contributed by atoms with E-state index < -0.39 is 0 Å². The Kier molecular flexibility index (Phi) is 4.09. The minimum absolute atomic E-state index is 0.561. The molecule has 4 rings (SSSR count). The van der Waals surface area contributed by atoms with Crippen LogP contribution in [0.5, 0.6) is 11.5 Å². The van der Waals surface area contributed by atoms with Gasteiger partial charge in [0, 0.05) is 11.6 Å². The summed E-state index contributed by atoms with van der Waals surface area (Å²) >= 11 is 0. The van der Waals surface area contributed by atoms with Crippen LogP contribution in [0.1, 0.15) is 5.56 Å². The Hall–Kier alpha value is -3.27. The highest BCUT2D eigenvalue weighted by atomic mass is 16.5. The SMILES string of the molecule is COc1ccc2nn(-c3ccc(OCc4ccccc4)cc3)cc2c1. The van der Waals surface area contributed by atoms with Crippen molar-refractivity contribution >= 4 is 10.9 Å². The van der Waals surface area contributed by atoms with E-state index in [9.17, 15) is 0 Å². The van der Waals surface area contributed by atoms with Gasteiger partial charge in [0.2, 0.25) is 0 Å². The molecule has 0 unspecified atom stereocenters. The summed E-state index contributed by atoms with van der Waals surface area (Å²) < 4.78 is 13.0. The van der Waals surface area contributed by atoms with E-state index in [1.54, 1.807) is 7.11 Å². The molecule has 4 nitrogen and oxygen atoms in total. The Morgan fingerprint density at radius 3 is 2.40 bits per heavy atom. The van der Waals surface area contributed by atoms with Crippen LogP contribution >= 0.6 is 0 Å². The molecule has 1 heterocycles. The highest BCUT2D eigenvalue weighted by Gasteiger charge is 2.05. The molecule has 0 fully saturated rings. The summed E-state index contributed by atoms with van der Waals surface area (Å²) in [6.07, 6.45) is 2.00. The number of rotatable bonds is 5. The second-order valence-corrected chi connectivity index (χ2v) is 5.77. The lowest BCUT2D eigenvalue weighted by molar-refractivity contribution is 0.306. The molecule has 0 spiro atoms. The van der Waals surface area contributed by atoms with E-state index in [1.807, 2.05) is 71.5 Å². The summed E-state index contributed by atoms with van der Waals surface area (Å²) in [6.45, 7) is 0.561. The van der Waals surface area contributed by atoms with Gasteiger partial charge in [-0.2, -0.15) is 5.10 Å². The van der Waals surface area contributed by atoms with Gasteiger partial charge in [0.05, 0.1) is 18.3 Å². The number of hydrogen-bond donors (Lipinski definition) is 0. The van der Waals surface area contributed by atoms with Crippen molar-refractivity contribution in [2.75, 3.05) is 7.11 Å². The highest BCUT2D eigenvalue weighted by Crippen LogP contribution is 2.22. The summed E-state index contributed by atoms with van der Waals surface area (Å²) in [5, 5.41) is 5.65. The lowest BCUT2D eigenvalue weighted by Crippen LogP contribution is -1.97. The summed E-state index contributed by atoms with van der Waals surface area (Å²) in [4.78, 5) is 0. The van der Waals surface area contributed by atoms with Gasteiger partial charge in [-0.3, -0.25) is 0 Å². The normalized spacial score (nSPS) is 10.8. The predicted octanol–water partition coefficient (Wildman–Crippen LogP) is 4.61. The van der Waals surface area contributed by atoms with E-state index in [1.165, 1.54) is 0 Å². The lowest BCUT2D eigenvalue weighted by atomic mass is 10.2. The first-order chi connectivity index (χ1) is 12.3. The number of nitrogens with zero attached hydrogens (tertiary/aromatic N) is 2. The summed E-state index contributed by atoms with van der Waals surface area (Å²) in [5.74, 6) is 1.67. The Morgan fingerprint density at radius 1 is 0.880 bits per heavy atom.